The molecule has 3 aromatic carbocycles. The third-order valence-corrected chi connectivity index (χ3v) is 12.3. The zero-order chi connectivity index (χ0) is 20.8. The zero-order valence-corrected chi connectivity index (χ0v) is 20.7. The molecule has 0 unspecified atom stereocenters. The first-order chi connectivity index (χ1) is 13.7. The maximum absolute atomic E-state index is 5.93. The van der Waals surface area contributed by atoms with Gasteiger partial charge in [-0.05, 0) is 0 Å². The van der Waals surface area contributed by atoms with Gasteiger partial charge in [0.25, 0.3) is 0 Å². The first-order valence-corrected chi connectivity index (χ1v) is 14.0. The molecule has 7 rings (SSSR count). The van der Waals surface area contributed by atoms with Crippen LogP contribution in [0.25, 0.3) is 0 Å². The fourth-order valence-corrected chi connectivity index (χ4v) is 11.7. The van der Waals surface area contributed by atoms with Crippen molar-refractivity contribution in [1.29, 1.82) is 0 Å². The second-order valence-corrected chi connectivity index (χ2v) is 15.9. The molecule has 0 amide bonds. The summed E-state index contributed by atoms with van der Waals surface area (Å²) in [6.45, 7) is 13.8. The first-order valence-electron chi connectivity index (χ1n) is 10.1. The SMILES string of the molecule is CC(C)(C)c1c2cc[c](c1C(C)(C)C)[Sb]([c]1ccccc1)[c]1ccc(cc1)OO2. The predicted octanol–water partition coefficient (Wildman–Crippen LogP) is 4.48. The molecule has 4 heterocycles. The van der Waals surface area contributed by atoms with Crippen LogP contribution in [0.2, 0.25) is 0 Å². The van der Waals surface area contributed by atoms with E-state index in [2.05, 4.69) is 96.1 Å². The van der Waals surface area contributed by atoms with Crippen LogP contribution in [0.3, 0.4) is 0 Å². The molecule has 0 atom stereocenters. The van der Waals surface area contributed by atoms with Crippen molar-refractivity contribution in [3.8, 4) is 11.5 Å². The molecule has 0 radical (unpaired) electrons. The van der Waals surface area contributed by atoms with Gasteiger partial charge in [0, 0.05) is 0 Å². The van der Waals surface area contributed by atoms with Crippen molar-refractivity contribution in [3.05, 3.63) is 77.9 Å². The number of rotatable bonds is 1. The van der Waals surface area contributed by atoms with Crippen LogP contribution in [-0.4, -0.2) is 20.2 Å². The molecule has 150 valence electrons. The summed E-state index contributed by atoms with van der Waals surface area (Å²) in [4.78, 5) is 11.7. The summed E-state index contributed by atoms with van der Waals surface area (Å²) in [6, 6.07) is 24.0. The summed E-state index contributed by atoms with van der Waals surface area (Å²) in [5.74, 6) is 1.56. The molecule has 4 aliphatic rings. The molecule has 4 aliphatic heterocycles. The summed E-state index contributed by atoms with van der Waals surface area (Å²) < 4.78 is 4.42. The minimum atomic E-state index is -2.25. The van der Waals surface area contributed by atoms with Crippen molar-refractivity contribution >= 4 is 30.7 Å². The van der Waals surface area contributed by atoms with Gasteiger partial charge in [-0.15, -0.1) is 0 Å². The monoisotopic (exact) mass is 494 g/mol. The van der Waals surface area contributed by atoms with Gasteiger partial charge in [0.05, 0.1) is 0 Å². The van der Waals surface area contributed by atoms with E-state index in [-0.39, 0.29) is 10.8 Å². The zero-order valence-electron chi connectivity index (χ0n) is 18.1. The molecule has 0 N–H and O–H groups in total. The Labute approximate surface area is 181 Å². The molecule has 0 fully saturated rings. The van der Waals surface area contributed by atoms with Gasteiger partial charge < -0.3 is 0 Å². The van der Waals surface area contributed by atoms with Crippen molar-refractivity contribution in [1.82, 2.24) is 0 Å². The van der Waals surface area contributed by atoms with Gasteiger partial charge in [-0.1, -0.05) is 0 Å². The molecular weight excluding hydrogens is 466 g/mol. The number of hydrogen-bond donors (Lipinski definition) is 0. The Bertz CT molecular complexity index is 1010. The predicted molar refractivity (Wildman–Crippen MR) is 123 cm³/mol. The molecule has 29 heavy (non-hydrogen) atoms. The Balaban J connectivity index is 2.12. The quantitative estimate of drug-likeness (QED) is 0.366. The molecule has 4 bridgehead atoms. The van der Waals surface area contributed by atoms with E-state index in [1.54, 1.807) is 0 Å². The molecule has 0 saturated heterocycles. The molecular formula is C26H29O2Sb. The summed E-state index contributed by atoms with van der Waals surface area (Å²) in [7, 11) is 0. The van der Waals surface area contributed by atoms with Crippen LogP contribution < -0.4 is 20.3 Å². The van der Waals surface area contributed by atoms with E-state index in [1.165, 1.54) is 21.7 Å². The minimum absolute atomic E-state index is 0.0122. The van der Waals surface area contributed by atoms with Crippen LogP contribution in [0.15, 0.2) is 66.7 Å². The van der Waals surface area contributed by atoms with Crippen molar-refractivity contribution in [2.75, 3.05) is 0 Å². The summed E-state index contributed by atoms with van der Waals surface area (Å²) in [5, 5.41) is 0. The average Bonchev–Trinajstić information content (AvgIpc) is 2.74. The standard InChI is InChI=1S/C20H24O2.C6H5.Sb/c1-19(2,3)16-13-10-14-17(18(16)20(4,5)6)22-21-15-11-8-7-9-12-15;1-2-4-6-5-3-1;/h8-12,14H,1-6H3;1-5H;. The van der Waals surface area contributed by atoms with Crippen LogP contribution in [-0.2, 0) is 10.8 Å². The Morgan fingerprint density at radius 3 is 1.76 bits per heavy atom. The molecule has 3 aromatic rings. The third kappa shape index (κ3) is 3.92. The topological polar surface area (TPSA) is 18.5 Å². The fraction of sp³-hybridized carbons (Fsp3) is 0.308. The summed E-state index contributed by atoms with van der Waals surface area (Å²) in [5.41, 5.74) is 2.60. The molecule has 0 saturated carbocycles. The van der Waals surface area contributed by atoms with E-state index in [0.29, 0.717) is 0 Å². The molecule has 0 aliphatic carbocycles. The van der Waals surface area contributed by atoms with Gasteiger partial charge in [-0.2, -0.15) is 0 Å². The van der Waals surface area contributed by atoms with Gasteiger partial charge in [0.15, 0.2) is 0 Å². The van der Waals surface area contributed by atoms with Crippen molar-refractivity contribution < 1.29 is 9.78 Å². The normalized spacial score (nSPS) is 14.3. The van der Waals surface area contributed by atoms with Gasteiger partial charge in [-0.3, -0.25) is 0 Å². The van der Waals surface area contributed by atoms with E-state index in [1.807, 2.05) is 12.1 Å². The van der Waals surface area contributed by atoms with Crippen LogP contribution in [0.4, 0.5) is 0 Å². The maximum atomic E-state index is 5.93. The van der Waals surface area contributed by atoms with Crippen molar-refractivity contribution in [3.63, 3.8) is 0 Å². The number of hydrogen-bond acceptors (Lipinski definition) is 2. The average molecular weight is 495 g/mol. The molecule has 0 aromatic heterocycles. The van der Waals surface area contributed by atoms with E-state index in [9.17, 15) is 0 Å². The second-order valence-electron chi connectivity index (χ2n) is 9.66. The van der Waals surface area contributed by atoms with Gasteiger partial charge in [-0.25, -0.2) is 0 Å². The van der Waals surface area contributed by atoms with Crippen molar-refractivity contribution in [2.45, 2.75) is 52.4 Å². The van der Waals surface area contributed by atoms with E-state index in [4.69, 9.17) is 9.78 Å². The summed E-state index contributed by atoms with van der Waals surface area (Å²) >= 11 is -2.25. The van der Waals surface area contributed by atoms with Gasteiger partial charge >= 0.3 is 182 Å². The van der Waals surface area contributed by atoms with Gasteiger partial charge in [0.1, 0.15) is 0 Å². The van der Waals surface area contributed by atoms with Crippen LogP contribution in [0, 0.1) is 0 Å². The fourth-order valence-electron chi connectivity index (χ4n) is 4.08. The van der Waals surface area contributed by atoms with Crippen molar-refractivity contribution in [2.24, 2.45) is 0 Å². The summed E-state index contributed by atoms with van der Waals surface area (Å²) in [6.07, 6.45) is 0. The molecule has 0 spiro atoms. The Hall–Kier alpha value is -1.92. The molecule has 3 heteroatoms. The Kier molecular flexibility index (Phi) is 5.19. The Morgan fingerprint density at radius 2 is 1.17 bits per heavy atom. The Morgan fingerprint density at radius 1 is 0.586 bits per heavy atom. The van der Waals surface area contributed by atoms with E-state index in [0.717, 1.165) is 11.5 Å². The molecule has 2 nitrogen and oxygen atoms in total. The van der Waals surface area contributed by atoms with Gasteiger partial charge in [0.2, 0.25) is 0 Å². The van der Waals surface area contributed by atoms with Crippen LogP contribution in [0.5, 0.6) is 11.5 Å². The van der Waals surface area contributed by atoms with Crippen LogP contribution >= 0.6 is 0 Å². The van der Waals surface area contributed by atoms with E-state index < -0.39 is 20.2 Å². The third-order valence-electron chi connectivity index (χ3n) is 5.22. The first kappa shape index (κ1) is 20.4. The van der Waals surface area contributed by atoms with Crippen LogP contribution in [0.1, 0.15) is 52.7 Å². The van der Waals surface area contributed by atoms with E-state index >= 15 is 0 Å². The second kappa shape index (κ2) is 7.40. The number of benzene rings is 3.